The Morgan fingerprint density at radius 3 is 1.51 bits per heavy atom. The van der Waals surface area contributed by atoms with Gasteiger partial charge in [0.15, 0.2) is 6.29 Å². The number of rotatable bonds is 47. The van der Waals surface area contributed by atoms with Crippen molar-refractivity contribution in [3.8, 4) is 0 Å². The van der Waals surface area contributed by atoms with Crippen molar-refractivity contribution in [1.82, 2.24) is 4.90 Å². The maximum absolute atomic E-state index is 12.7. The molecule has 348 valence electrons. The summed E-state index contributed by atoms with van der Waals surface area (Å²) in [6.07, 6.45) is 41.5. The minimum Gasteiger partial charge on any atom is -0.466 e. The highest BCUT2D eigenvalue weighted by Gasteiger charge is 2.19. The van der Waals surface area contributed by atoms with Gasteiger partial charge in [0, 0.05) is 32.8 Å². The van der Waals surface area contributed by atoms with Crippen LogP contribution in [-0.2, 0) is 28.5 Å². The summed E-state index contributed by atoms with van der Waals surface area (Å²) in [7, 11) is 0. The van der Waals surface area contributed by atoms with E-state index in [1.165, 1.54) is 64.2 Å². The number of hydrogen-bond acceptors (Lipinski definition) is 8. The minimum atomic E-state index is -0.351. The van der Waals surface area contributed by atoms with Crippen molar-refractivity contribution in [3.05, 3.63) is 24.3 Å². The van der Waals surface area contributed by atoms with Crippen molar-refractivity contribution in [3.63, 3.8) is 0 Å². The van der Waals surface area contributed by atoms with Crippen LogP contribution in [0.5, 0.6) is 0 Å². The van der Waals surface area contributed by atoms with Crippen molar-refractivity contribution < 1.29 is 33.6 Å². The molecule has 0 radical (unpaired) electrons. The molecule has 0 aliphatic heterocycles. The van der Waals surface area contributed by atoms with Crippen LogP contribution in [0.4, 0.5) is 0 Å². The number of ether oxygens (including phenoxy) is 4. The first-order valence-electron chi connectivity index (χ1n) is 25.2. The van der Waals surface area contributed by atoms with E-state index in [-0.39, 0.29) is 30.8 Å². The van der Waals surface area contributed by atoms with Gasteiger partial charge in [-0.05, 0) is 109 Å². The summed E-state index contributed by atoms with van der Waals surface area (Å²) in [5.41, 5.74) is 0. The molecule has 0 aliphatic rings. The Morgan fingerprint density at radius 2 is 0.966 bits per heavy atom. The smallest absolute Gasteiger partial charge is 0.308 e. The highest BCUT2D eigenvalue weighted by Crippen LogP contribution is 2.20. The predicted octanol–water partition coefficient (Wildman–Crippen LogP) is 13.6. The Hall–Kier alpha value is -1.74. The lowest BCUT2D eigenvalue weighted by atomic mass is 9.95. The van der Waals surface area contributed by atoms with E-state index in [2.05, 4.69) is 56.9 Å². The van der Waals surface area contributed by atoms with Crippen molar-refractivity contribution in [2.45, 2.75) is 233 Å². The zero-order valence-electron chi connectivity index (χ0n) is 39.4. The largest absolute Gasteiger partial charge is 0.466 e. The first-order chi connectivity index (χ1) is 29.0. The van der Waals surface area contributed by atoms with Gasteiger partial charge in [0.1, 0.15) is 0 Å². The standard InChI is InChI=1S/C51H97NO7/c1-5-9-13-16-24-32-45-57-50(58-46-33-25-17-14-10-6-2)39-38-49(54)56-44-31-27-21-23-30-41-52(42-35-43-53)40-29-22-19-18-20-26-34-47-59-51(55)48(36-12-8-4)37-28-15-11-7-3/h9-10,13-14,48,50,53H,5-8,11-12,15-47H2,1-4H3/b13-9-,14-10-. The van der Waals surface area contributed by atoms with Gasteiger partial charge in [-0.15, -0.1) is 0 Å². The summed E-state index contributed by atoms with van der Waals surface area (Å²) < 4.78 is 23.4. The van der Waals surface area contributed by atoms with Gasteiger partial charge in [0.25, 0.3) is 0 Å². The van der Waals surface area contributed by atoms with Crippen LogP contribution in [-0.4, -0.2) is 80.9 Å². The molecular formula is C51H97NO7. The lowest BCUT2D eigenvalue weighted by molar-refractivity contribution is -0.159. The Morgan fingerprint density at radius 1 is 0.492 bits per heavy atom. The number of carbonyl (C=O) groups excluding carboxylic acids is 2. The number of aliphatic hydroxyl groups excluding tert-OH is 1. The molecule has 1 unspecified atom stereocenters. The first kappa shape index (κ1) is 57.3. The van der Waals surface area contributed by atoms with E-state index in [0.29, 0.717) is 39.3 Å². The van der Waals surface area contributed by atoms with Gasteiger partial charge in [-0.25, -0.2) is 0 Å². The summed E-state index contributed by atoms with van der Waals surface area (Å²) in [4.78, 5) is 27.7. The molecule has 8 heteroatoms. The number of carbonyl (C=O) groups is 2. The number of unbranched alkanes of at least 4 members (excludes halogenated alkanes) is 18. The second-order valence-corrected chi connectivity index (χ2v) is 16.7. The summed E-state index contributed by atoms with van der Waals surface area (Å²) in [5.74, 6) is -0.0194. The van der Waals surface area contributed by atoms with Gasteiger partial charge in [-0.3, -0.25) is 9.59 Å². The van der Waals surface area contributed by atoms with Gasteiger partial charge in [0.2, 0.25) is 0 Å². The van der Waals surface area contributed by atoms with Crippen molar-refractivity contribution in [1.29, 1.82) is 0 Å². The fourth-order valence-corrected chi connectivity index (χ4v) is 7.29. The van der Waals surface area contributed by atoms with Crippen LogP contribution in [0, 0.1) is 5.92 Å². The lowest BCUT2D eigenvalue weighted by Crippen LogP contribution is -2.27. The van der Waals surface area contributed by atoms with E-state index in [4.69, 9.17) is 18.9 Å². The fraction of sp³-hybridized carbons (Fsp3) is 0.882. The molecule has 0 heterocycles. The Kier molecular flexibility index (Phi) is 45.9. The molecular weight excluding hydrogens is 739 g/mol. The Bertz CT molecular complexity index is 917. The van der Waals surface area contributed by atoms with E-state index >= 15 is 0 Å². The molecule has 0 fully saturated rings. The Labute approximate surface area is 365 Å². The van der Waals surface area contributed by atoms with Crippen LogP contribution in [0.2, 0.25) is 0 Å². The molecule has 1 atom stereocenters. The second kappa shape index (κ2) is 47.3. The van der Waals surface area contributed by atoms with Crippen LogP contribution in [0.25, 0.3) is 0 Å². The third-order valence-corrected chi connectivity index (χ3v) is 11.0. The molecule has 0 bridgehead atoms. The monoisotopic (exact) mass is 836 g/mol. The molecule has 0 aliphatic carbocycles. The maximum atomic E-state index is 12.7. The maximum Gasteiger partial charge on any atom is 0.308 e. The van der Waals surface area contributed by atoms with E-state index < -0.39 is 0 Å². The van der Waals surface area contributed by atoms with Gasteiger partial charge in [-0.1, -0.05) is 142 Å². The van der Waals surface area contributed by atoms with Crippen molar-refractivity contribution in [2.75, 3.05) is 52.7 Å². The molecule has 1 N–H and O–H groups in total. The van der Waals surface area contributed by atoms with Gasteiger partial charge >= 0.3 is 11.9 Å². The summed E-state index contributed by atoms with van der Waals surface area (Å²) in [6.45, 7) is 14.5. The van der Waals surface area contributed by atoms with E-state index in [0.717, 1.165) is 142 Å². The normalized spacial score (nSPS) is 12.5. The molecule has 0 spiro atoms. The van der Waals surface area contributed by atoms with E-state index in [9.17, 15) is 14.7 Å². The van der Waals surface area contributed by atoms with Gasteiger partial charge in [0.05, 0.1) is 25.6 Å². The SMILES string of the molecule is CC/C=C\CCCCOC(CCC(=O)OCCCCCCCN(CCCO)CCCCCCCCCOC(=O)C(CCCC)CCCCCC)OCCCC/C=C\CC. The Balaban J connectivity index is 4.11. The summed E-state index contributed by atoms with van der Waals surface area (Å²) in [6, 6.07) is 0. The quantitative estimate of drug-likeness (QED) is 0.0280. The van der Waals surface area contributed by atoms with E-state index in [1.54, 1.807) is 0 Å². The number of hydrogen-bond donors (Lipinski definition) is 1. The van der Waals surface area contributed by atoms with Gasteiger partial charge in [-0.2, -0.15) is 0 Å². The van der Waals surface area contributed by atoms with Crippen molar-refractivity contribution in [2.24, 2.45) is 5.92 Å². The van der Waals surface area contributed by atoms with Crippen LogP contribution >= 0.6 is 0 Å². The first-order valence-corrected chi connectivity index (χ1v) is 25.2. The zero-order valence-corrected chi connectivity index (χ0v) is 39.4. The molecule has 0 aromatic heterocycles. The second-order valence-electron chi connectivity index (χ2n) is 16.7. The van der Waals surface area contributed by atoms with Crippen LogP contribution in [0.1, 0.15) is 227 Å². The topological polar surface area (TPSA) is 94.5 Å². The fourth-order valence-electron chi connectivity index (χ4n) is 7.29. The van der Waals surface area contributed by atoms with Crippen LogP contribution < -0.4 is 0 Å². The molecule has 0 amide bonds. The number of allylic oxidation sites excluding steroid dienone is 4. The number of aliphatic hydroxyl groups is 1. The third-order valence-electron chi connectivity index (χ3n) is 11.0. The molecule has 0 aromatic rings. The van der Waals surface area contributed by atoms with E-state index in [1.807, 2.05) is 0 Å². The molecule has 0 rings (SSSR count). The molecule has 0 aromatic carbocycles. The molecule has 59 heavy (non-hydrogen) atoms. The van der Waals surface area contributed by atoms with Gasteiger partial charge < -0.3 is 29.0 Å². The number of esters is 2. The average molecular weight is 836 g/mol. The van der Waals surface area contributed by atoms with Crippen LogP contribution in [0.3, 0.4) is 0 Å². The molecule has 8 nitrogen and oxygen atoms in total. The highest BCUT2D eigenvalue weighted by atomic mass is 16.7. The minimum absolute atomic E-state index is 0.0424. The highest BCUT2D eigenvalue weighted by molar-refractivity contribution is 5.72. The zero-order chi connectivity index (χ0) is 43.1. The molecule has 0 saturated carbocycles. The summed E-state index contributed by atoms with van der Waals surface area (Å²) in [5, 5.41) is 9.42. The van der Waals surface area contributed by atoms with Crippen molar-refractivity contribution >= 4 is 11.9 Å². The summed E-state index contributed by atoms with van der Waals surface area (Å²) >= 11 is 0. The molecule has 0 saturated heterocycles. The third kappa shape index (κ3) is 41.4. The lowest BCUT2D eigenvalue weighted by Gasteiger charge is -2.22. The average Bonchev–Trinajstić information content (AvgIpc) is 3.24. The number of nitrogens with zero attached hydrogens (tertiary/aromatic N) is 1. The predicted molar refractivity (Wildman–Crippen MR) is 249 cm³/mol. The van der Waals surface area contributed by atoms with Crippen LogP contribution in [0.15, 0.2) is 24.3 Å².